The van der Waals surface area contributed by atoms with Crippen LogP contribution in [-0.2, 0) is 0 Å². The molecule has 0 radical (unpaired) electrons. The Labute approximate surface area is 122 Å². The van der Waals surface area contributed by atoms with Crippen LogP contribution in [0.4, 0.5) is 5.82 Å². The Balaban J connectivity index is 1.54. The Morgan fingerprint density at radius 2 is 1.70 bits per heavy atom. The van der Waals surface area contributed by atoms with Crippen LogP contribution in [0, 0.1) is 30.1 Å². The van der Waals surface area contributed by atoms with Gasteiger partial charge in [0, 0.05) is 11.7 Å². The molecular weight excluding hydrogens is 244 g/mol. The molecule has 4 fully saturated rings. The molecule has 4 bridgehead atoms. The maximum atomic E-state index is 4.63. The van der Waals surface area contributed by atoms with Crippen LogP contribution >= 0.6 is 0 Å². The van der Waals surface area contributed by atoms with Gasteiger partial charge in [-0.2, -0.15) is 0 Å². The molecule has 4 aliphatic carbocycles. The lowest BCUT2D eigenvalue weighted by Gasteiger charge is -2.59. The summed E-state index contributed by atoms with van der Waals surface area (Å²) in [4.78, 5) is 4.63. The van der Waals surface area contributed by atoms with Crippen molar-refractivity contribution in [3.8, 4) is 0 Å². The molecule has 1 heterocycles. The number of hydrogen-bond donors (Lipinski definition) is 1. The lowest BCUT2D eigenvalue weighted by molar-refractivity contribution is -0.0603. The average molecular weight is 270 g/mol. The van der Waals surface area contributed by atoms with Crippen LogP contribution in [-0.4, -0.2) is 11.0 Å². The molecule has 1 aromatic rings. The third-order valence-electron chi connectivity index (χ3n) is 6.26. The van der Waals surface area contributed by atoms with E-state index in [-0.39, 0.29) is 0 Å². The lowest BCUT2D eigenvalue weighted by Crippen LogP contribution is -2.53. The first-order valence-corrected chi connectivity index (χ1v) is 8.33. The summed E-state index contributed by atoms with van der Waals surface area (Å²) in [5.41, 5.74) is 1.66. The third-order valence-corrected chi connectivity index (χ3v) is 6.26. The van der Waals surface area contributed by atoms with Gasteiger partial charge in [0.1, 0.15) is 5.82 Å². The molecule has 20 heavy (non-hydrogen) atoms. The molecule has 5 rings (SSSR count). The predicted molar refractivity (Wildman–Crippen MR) is 82.7 cm³/mol. The van der Waals surface area contributed by atoms with Gasteiger partial charge in [0.25, 0.3) is 0 Å². The standard InChI is InChI=1S/C18H26N2/c1-12-4-3-5-17(19-12)20-13(2)18-9-14-6-15(10-18)8-16(7-14)11-18/h3-5,13-16H,6-11H2,1-2H3,(H,19,20). The Morgan fingerprint density at radius 1 is 1.10 bits per heavy atom. The molecule has 2 heteroatoms. The van der Waals surface area contributed by atoms with E-state index in [2.05, 4.69) is 42.3 Å². The summed E-state index contributed by atoms with van der Waals surface area (Å²) in [6.07, 6.45) is 8.94. The van der Waals surface area contributed by atoms with Crippen LogP contribution in [0.25, 0.3) is 0 Å². The minimum absolute atomic E-state index is 0.556. The fraction of sp³-hybridized carbons (Fsp3) is 0.722. The zero-order chi connectivity index (χ0) is 13.7. The third kappa shape index (κ3) is 2.04. The summed E-state index contributed by atoms with van der Waals surface area (Å²) in [5, 5.41) is 3.73. The molecule has 108 valence electrons. The van der Waals surface area contributed by atoms with Crippen LogP contribution in [0.1, 0.15) is 51.1 Å². The number of nitrogens with one attached hydrogen (secondary N) is 1. The van der Waals surface area contributed by atoms with Crippen molar-refractivity contribution in [3.63, 3.8) is 0 Å². The highest BCUT2D eigenvalue weighted by Crippen LogP contribution is 2.61. The van der Waals surface area contributed by atoms with Crippen molar-refractivity contribution in [2.24, 2.45) is 23.2 Å². The summed E-state index contributed by atoms with van der Waals surface area (Å²) >= 11 is 0. The van der Waals surface area contributed by atoms with Gasteiger partial charge in [0.2, 0.25) is 0 Å². The maximum Gasteiger partial charge on any atom is 0.126 e. The molecule has 0 spiro atoms. The topological polar surface area (TPSA) is 24.9 Å². The van der Waals surface area contributed by atoms with E-state index in [4.69, 9.17) is 0 Å². The quantitative estimate of drug-likeness (QED) is 0.880. The van der Waals surface area contributed by atoms with Crippen molar-refractivity contribution in [2.45, 2.75) is 58.4 Å². The second kappa shape index (κ2) is 4.47. The van der Waals surface area contributed by atoms with Gasteiger partial charge in [-0.3, -0.25) is 0 Å². The highest BCUT2D eigenvalue weighted by Gasteiger charge is 2.53. The zero-order valence-corrected chi connectivity index (χ0v) is 12.7. The first kappa shape index (κ1) is 12.7. The van der Waals surface area contributed by atoms with E-state index in [1.54, 1.807) is 0 Å². The number of aryl methyl sites for hydroxylation is 1. The van der Waals surface area contributed by atoms with Gasteiger partial charge in [0.15, 0.2) is 0 Å². The molecule has 0 amide bonds. The number of anilines is 1. The summed E-state index contributed by atoms with van der Waals surface area (Å²) in [6, 6.07) is 6.85. The van der Waals surface area contributed by atoms with Crippen LogP contribution in [0.3, 0.4) is 0 Å². The van der Waals surface area contributed by atoms with E-state index in [1.807, 2.05) is 0 Å². The van der Waals surface area contributed by atoms with E-state index in [0.29, 0.717) is 11.5 Å². The summed E-state index contributed by atoms with van der Waals surface area (Å²) in [5.74, 6) is 4.14. The van der Waals surface area contributed by atoms with E-state index in [0.717, 1.165) is 29.3 Å². The lowest BCUT2D eigenvalue weighted by atomic mass is 9.48. The average Bonchev–Trinajstić information content (AvgIpc) is 2.37. The van der Waals surface area contributed by atoms with Crippen LogP contribution < -0.4 is 5.32 Å². The number of aromatic nitrogens is 1. The van der Waals surface area contributed by atoms with Crippen LogP contribution in [0.15, 0.2) is 18.2 Å². The smallest absolute Gasteiger partial charge is 0.126 e. The van der Waals surface area contributed by atoms with Crippen molar-refractivity contribution in [1.82, 2.24) is 4.98 Å². The van der Waals surface area contributed by atoms with Gasteiger partial charge in [-0.15, -0.1) is 0 Å². The van der Waals surface area contributed by atoms with Crippen LogP contribution in [0.2, 0.25) is 0 Å². The highest BCUT2D eigenvalue weighted by atomic mass is 15.0. The minimum atomic E-state index is 0.556. The number of hydrogen-bond acceptors (Lipinski definition) is 2. The van der Waals surface area contributed by atoms with Crippen molar-refractivity contribution in [3.05, 3.63) is 23.9 Å². The summed E-state index contributed by atoms with van der Waals surface area (Å²) < 4.78 is 0. The molecule has 0 saturated heterocycles. The van der Waals surface area contributed by atoms with E-state index in [9.17, 15) is 0 Å². The predicted octanol–water partition coefficient (Wildman–Crippen LogP) is 4.41. The van der Waals surface area contributed by atoms with Crippen LogP contribution in [0.5, 0.6) is 0 Å². The van der Waals surface area contributed by atoms with Gasteiger partial charge in [-0.1, -0.05) is 6.07 Å². The number of pyridine rings is 1. The normalized spacial score (nSPS) is 39.8. The van der Waals surface area contributed by atoms with Gasteiger partial charge in [-0.05, 0) is 87.7 Å². The zero-order valence-electron chi connectivity index (χ0n) is 12.7. The SMILES string of the molecule is Cc1cccc(NC(C)C23CC4CC(CC(C4)C2)C3)n1. The molecular formula is C18H26N2. The van der Waals surface area contributed by atoms with Crippen molar-refractivity contribution in [1.29, 1.82) is 0 Å². The largest absolute Gasteiger partial charge is 0.367 e. The van der Waals surface area contributed by atoms with Gasteiger partial charge < -0.3 is 5.32 Å². The first-order chi connectivity index (χ1) is 9.63. The molecule has 1 N–H and O–H groups in total. The molecule has 1 aromatic heterocycles. The molecule has 4 saturated carbocycles. The first-order valence-electron chi connectivity index (χ1n) is 8.33. The second-order valence-electron chi connectivity index (χ2n) is 7.81. The fourth-order valence-corrected chi connectivity index (χ4v) is 5.71. The minimum Gasteiger partial charge on any atom is -0.367 e. The Hall–Kier alpha value is -1.05. The second-order valence-corrected chi connectivity index (χ2v) is 7.81. The van der Waals surface area contributed by atoms with E-state index in [1.165, 1.54) is 38.5 Å². The van der Waals surface area contributed by atoms with Gasteiger partial charge in [-0.25, -0.2) is 4.98 Å². The number of rotatable bonds is 3. The van der Waals surface area contributed by atoms with Crippen molar-refractivity contribution >= 4 is 5.82 Å². The molecule has 0 aliphatic heterocycles. The molecule has 2 nitrogen and oxygen atoms in total. The van der Waals surface area contributed by atoms with E-state index < -0.39 is 0 Å². The maximum absolute atomic E-state index is 4.63. The molecule has 0 aromatic carbocycles. The summed E-state index contributed by atoms with van der Waals surface area (Å²) in [7, 11) is 0. The molecule has 4 aliphatic rings. The van der Waals surface area contributed by atoms with Gasteiger partial charge in [0.05, 0.1) is 0 Å². The van der Waals surface area contributed by atoms with Crippen molar-refractivity contribution in [2.75, 3.05) is 5.32 Å². The van der Waals surface area contributed by atoms with Gasteiger partial charge >= 0.3 is 0 Å². The fourth-order valence-electron chi connectivity index (χ4n) is 5.71. The Morgan fingerprint density at radius 3 is 2.25 bits per heavy atom. The number of nitrogens with zero attached hydrogens (tertiary/aromatic N) is 1. The Bertz CT molecular complexity index is 473. The van der Waals surface area contributed by atoms with Crippen molar-refractivity contribution < 1.29 is 0 Å². The van der Waals surface area contributed by atoms with E-state index >= 15 is 0 Å². The summed E-state index contributed by atoms with van der Waals surface area (Å²) in [6.45, 7) is 4.47. The highest BCUT2D eigenvalue weighted by molar-refractivity contribution is 5.37. The molecule has 1 unspecified atom stereocenters. The monoisotopic (exact) mass is 270 g/mol. The molecule has 1 atom stereocenters. The Kier molecular flexibility index (Phi) is 2.84.